The Balaban J connectivity index is 1.96. The summed E-state index contributed by atoms with van der Waals surface area (Å²) in [6.07, 6.45) is 0.436. The molecule has 1 aliphatic heterocycles. The van der Waals surface area contributed by atoms with Crippen LogP contribution in [0.15, 0.2) is 58.1 Å². The predicted octanol–water partition coefficient (Wildman–Crippen LogP) is 2.25. The van der Waals surface area contributed by atoms with E-state index in [2.05, 4.69) is 4.99 Å². The molecule has 3 rings (SSSR count). The van der Waals surface area contributed by atoms with Crippen molar-refractivity contribution in [2.45, 2.75) is 12.1 Å². The van der Waals surface area contributed by atoms with Gasteiger partial charge in [0.15, 0.2) is 6.04 Å². The third-order valence-corrected chi connectivity index (χ3v) is 2.88. The van der Waals surface area contributed by atoms with Crippen LogP contribution < -0.4 is 0 Å². The van der Waals surface area contributed by atoms with Gasteiger partial charge in [-0.2, -0.15) is 0 Å². The molecule has 0 radical (unpaired) electrons. The Bertz CT molecular complexity index is 604. The summed E-state index contributed by atoms with van der Waals surface area (Å²) < 4.78 is 10.7. The lowest BCUT2D eigenvalue weighted by Crippen LogP contribution is -2.26. The number of benzene rings is 1. The highest BCUT2D eigenvalue weighted by molar-refractivity contribution is 5.97. The van der Waals surface area contributed by atoms with Gasteiger partial charge in [0.1, 0.15) is 5.76 Å². The van der Waals surface area contributed by atoms with E-state index in [1.807, 2.05) is 30.3 Å². The molecular weight excluding hydrogens is 246 g/mol. The number of ether oxygens (including phenoxy) is 1. The zero-order chi connectivity index (χ0) is 13.2. The molecule has 0 spiro atoms. The Labute approximate surface area is 109 Å². The summed E-state index contributed by atoms with van der Waals surface area (Å²) in [5.41, 5.74) is 0.753. The van der Waals surface area contributed by atoms with Crippen LogP contribution in [0.1, 0.15) is 17.4 Å². The Morgan fingerprint density at radius 3 is 2.58 bits per heavy atom. The van der Waals surface area contributed by atoms with Gasteiger partial charge in [-0.3, -0.25) is 0 Å². The van der Waals surface area contributed by atoms with Crippen molar-refractivity contribution in [1.29, 1.82) is 0 Å². The average Bonchev–Trinajstić information content (AvgIpc) is 3.08. The number of furan rings is 1. The second-order valence-corrected chi connectivity index (χ2v) is 4.14. The van der Waals surface area contributed by atoms with E-state index in [-0.39, 0.29) is 0 Å². The summed E-state index contributed by atoms with van der Waals surface area (Å²) in [4.78, 5) is 15.6. The fourth-order valence-electron chi connectivity index (χ4n) is 1.99. The quantitative estimate of drug-likeness (QED) is 0.915. The molecule has 1 N–H and O–H groups in total. The van der Waals surface area contributed by atoms with Crippen LogP contribution >= 0.6 is 0 Å². The molecule has 0 fully saturated rings. The first-order valence-electron chi connectivity index (χ1n) is 5.82. The molecular formula is C14H11NO4. The largest absolute Gasteiger partial charge is 0.478 e. The second kappa shape index (κ2) is 4.61. The van der Waals surface area contributed by atoms with Crippen molar-refractivity contribution in [3.63, 3.8) is 0 Å². The van der Waals surface area contributed by atoms with Gasteiger partial charge in [0, 0.05) is 5.56 Å². The molecule has 2 atom stereocenters. The van der Waals surface area contributed by atoms with Crippen molar-refractivity contribution in [2.75, 3.05) is 0 Å². The fourth-order valence-corrected chi connectivity index (χ4v) is 1.99. The lowest BCUT2D eigenvalue weighted by molar-refractivity contribution is -0.145. The number of nitrogens with zero attached hydrogens (tertiary/aromatic N) is 1. The third kappa shape index (κ3) is 2.10. The van der Waals surface area contributed by atoms with E-state index in [0.717, 1.165) is 5.56 Å². The van der Waals surface area contributed by atoms with E-state index >= 15 is 0 Å². The van der Waals surface area contributed by atoms with Gasteiger partial charge in [0.05, 0.1) is 6.26 Å². The molecule has 5 heteroatoms. The van der Waals surface area contributed by atoms with Crippen LogP contribution in [0.2, 0.25) is 0 Å². The molecule has 0 unspecified atom stereocenters. The van der Waals surface area contributed by atoms with E-state index in [0.29, 0.717) is 11.7 Å². The monoisotopic (exact) mass is 257 g/mol. The summed E-state index contributed by atoms with van der Waals surface area (Å²) in [5, 5.41) is 9.21. The van der Waals surface area contributed by atoms with Gasteiger partial charge in [-0.1, -0.05) is 18.2 Å². The highest BCUT2D eigenvalue weighted by Gasteiger charge is 2.39. The molecule has 1 aromatic heterocycles. The molecule has 5 nitrogen and oxygen atoms in total. The molecule has 2 aromatic rings. The molecule has 0 saturated carbocycles. The van der Waals surface area contributed by atoms with Gasteiger partial charge in [-0.05, 0) is 24.3 Å². The molecule has 0 aliphatic carbocycles. The summed E-state index contributed by atoms with van der Waals surface area (Å²) in [6.45, 7) is 0. The van der Waals surface area contributed by atoms with Crippen molar-refractivity contribution in [3.8, 4) is 0 Å². The summed E-state index contributed by atoms with van der Waals surface area (Å²) in [6, 6.07) is 11.9. The topological polar surface area (TPSA) is 72.0 Å². The smallest absolute Gasteiger partial charge is 0.347 e. The van der Waals surface area contributed by atoms with Gasteiger partial charge < -0.3 is 14.3 Å². The fraction of sp³-hybridized carbons (Fsp3) is 0.143. The van der Waals surface area contributed by atoms with E-state index in [1.165, 1.54) is 6.26 Å². The third-order valence-electron chi connectivity index (χ3n) is 2.88. The van der Waals surface area contributed by atoms with Gasteiger partial charge in [0.2, 0.25) is 12.0 Å². The van der Waals surface area contributed by atoms with Crippen molar-refractivity contribution in [1.82, 2.24) is 0 Å². The zero-order valence-electron chi connectivity index (χ0n) is 9.89. The summed E-state index contributed by atoms with van der Waals surface area (Å²) in [7, 11) is 0. The van der Waals surface area contributed by atoms with Crippen LogP contribution in [-0.4, -0.2) is 23.1 Å². The van der Waals surface area contributed by atoms with Crippen molar-refractivity contribution in [2.24, 2.45) is 4.99 Å². The maximum Gasteiger partial charge on any atom is 0.347 e. The zero-order valence-corrected chi connectivity index (χ0v) is 9.89. The molecule has 0 bridgehead atoms. The minimum absolute atomic E-state index is 0.328. The van der Waals surface area contributed by atoms with E-state index in [9.17, 15) is 9.90 Å². The first-order chi connectivity index (χ1) is 9.25. The Morgan fingerprint density at radius 1 is 1.16 bits per heavy atom. The lowest BCUT2D eigenvalue weighted by Gasteiger charge is -2.10. The Hall–Kier alpha value is -2.56. The molecule has 0 amide bonds. The molecule has 1 aliphatic rings. The molecule has 2 heterocycles. The number of carboxylic acids is 1. The Morgan fingerprint density at radius 2 is 1.95 bits per heavy atom. The average molecular weight is 257 g/mol. The number of carbonyl (C=O) groups is 1. The number of aliphatic imine (C=N–C) groups is 1. The van der Waals surface area contributed by atoms with Crippen molar-refractivity contribution in [3.05, 3.63) is 60.1 Å². The van der Waals surface area contributed by atoms with Crippen LogP contribution in [0, 0.1) is 0 Å². The first-order valence-corrected chi connectivity index (χ1v) is 5.82. The van der Waals surface area contributed by atoms with Gasteiger partial charge in [0.25, 0.3) is 0 Å². The van der Waals surface area contributed by atoms with Crippen LogP contribution in [0.25, 0.3) is 0 Å². The maximum atomic E-state index is 11.2. The highest BCUT2D eigenvalue weighted by atomic mass is 16.5. The SMILES string of the molecule is O=C(O)[C@@H]1OC(c2ccccc2)=N[C@H]1c1ccco1. The van der Waals surface area contributed by atoms with Crippen molar-refractivity contribution < 1.29 is 19.1 Å². The molecule has 1 aromatic carbocycles. The minimum atomic E-state index is -1.06. The molecule has 96 valence electrons. The standard InChI is InChI=1S/C14H11NO4/c16-14(17)12-11(10-7-4-8-18-10)15-13(19-12)9-5-2-1-3-6-9/h1-8,11-12H,(H,16,17)/t11-,12+/m0/s1. The van der Waals surface area contributed by atoms with Gasteiger partial charge in [-0.15, -0.1) is 0 Å². The van der Waals surface area contributed by atoms with E-state index in [1.54, 1.807) is 12.1 Å². The van der Waals surface area contributed by atoms with Crippen molar-refractivity contribution >= 4 is 11.9 Å². The highest BCUT2D eigenvalue weighted by Crippen LogP contribution is 2.31. The predicted molar refractivity (Wildman–Crippen MR) is 66.9 cm³/mol. The number of hydrogen-bond acceptors (Lipinski definition) is 4. The minimum Gasteiger partial charge on any atom is -0.478 e. The second-order valence-electron chi connectivity index (χ2n) is 4.14. The molecule has 19 heavy (non-hydrogen) atoms. The number of rotatable bonds is 3. The van der Waals surface area contributed by atoms with E-state index < -0.39 is 18.1 Å². The lowest BCUT2D eigenvalue weighted by atomic mass is 10.1. The van der Waals surface area contributed by atoms with Crippen LogP contribution in [0.4, 0.5) is 0 Å². The maximum absolute atomic E-state index is 11.2. The number of hydrogen-bond donors (Lipinski definition) is 1. The first kappa shape index (κ1) is 11.5. The van der Waals surface area contributed by atoms with Crippen LogP contribution in [0.5, 0.6) is 0 Å². The Kier molecular flexibility index (Phi) is 2.79. The molecule has 0 saturated heterocycles. The summed E-state index contributed by atoms with van der Waals surface area (Å²) >= 11 is 0. The van der Waals surface area contributed by atoms with Crippen LogP contribution in [0.3, 0.4) is 0 Å². The summed E-state index contributed by atoms with van der Waals surface area (Å²) in [5.74, 6) is -0.246. The number of carboxylic acid groups (broad SMARTS) is 1. The van der Waals surface area contributed by atoms with Gasteiger partial charge >= 0.3 is 5.97 Å². The normalized spacial score (nSPS) is 21.8. The van der Waals surface area contributed by atoms with Gasteiger partial charge in [-0.25, -0.2) is 9.79 Å². The number of aliphatic carboxylic acids is 1. The van der Waals surface area contributed by atoms with Crippen LogP contribution in [-0.2, 0) is 9.53 Å². The van der Waals surface area contributed by atoms with E-state index in [4.69, 9.17) is 9.15 Å².